The van der Waals surface area contributed by atoms with Crippen LogP contribution in [0.4, 0.5) is 5.82 Å². The third kappa shape index (κ3) is 6.43. The molecule has 13 nitrogen and oxygen atoms in total. The summed E-state index contributed by atoms with van der Waals surface area (Å²) in [4.78, 5) is 28.6. The molecule has 0 bridgehead atoms. The number of amides is 1. The molecule has 2 heterocycles. The molecule has 1 aromatic carbocycles. The van der Waals surface area contributed by atoms with Crippen LogP contribution >= 0.6 is 7.60 Å². The predicted molar refractivity (Wildman–Crippen MR) is 123 cm³/mol. The zero-order valence-corrected chi connectivity index (χ0v) is 19.7. The number of anilines is 1. The van der Waals surface area contributed by atoms with Crippen LogP contribution in [0.15, 0.2) is 59.2 Å². The molecule has 2 aromatic rings. The van der Waals surface area contributed by atoms with Crippen LogP contribution in [0.2, 0.25) is 0 Å². The summed E-state index contributed by atoms with van der Waals surface area (Å²) in [5, 5.41) is 40.9. The highest BCUT2D eigenvalue weighted by Crippen LogP contribution is 2.56. The molecule has 0 saturated heterocycles. The van der Waals surface area contributed by atoms with Crippen molar-refractivity contribution in [1.29, 1.82) is 10.5 Å². The molecule has 0 radical (unpaired) electrons. The summed E-state index contributed by atoms with van der Waals surface area (Å²) in [6.07, 6.45) is -0.860. The number of nitrogens with zero attached hydrogens (tertiary/aromatic N) is 4. The van der Waals surface area contributed by atoms with Crippen molar-refractivity contribution in [2.75, 3.05) is 18.5 Å². The minimum absolute atomic E-state index is 0.0351. The Balaban J connectivity index is 1.73. The molecule has 0 aliphatic carbocycles. The van der Waals surface area contributed by atoms with E-state index in [1.165, 1.54) is 12.3 Å². The second-order valence-corrected chi connectivity index (χ2v) is 9.37. The fourth-order valence-electron chi connectivity index (χ4n) is 3.09. The van der Waals surface area contributed by atoms with Gasteiger partial charge in [0.25, 0.3) is 5.91 Å². The van der Waals surface area contributed by atoms with Crippen molar-refractivity contribution in [2.24, 2.45) is 0 Å². The average molecular weight is 515 g/mol. The van der Waals surface area contributed by atoms with Gasteiger partial charge in [0, 0.05) is 11.8 Å². The molecule has 1 amide bonds. The molecule has 14 heteroatoms. The van der Waals surface area contributed by atoms with Crippen molar-refractivity contribution in [2.45, 2.75) is 31.0 Å². The summed E-state index contributed by atoms with van der Waals surface area (Å²) in [7, 11) is -4.33. The minimum Gasteiger partial charge on any atom is -0.468 e. The topological polar surface area (TPSA) is 197 Å². The van der Waals surface area contributed by atoms with Crippen molar-refractivity contribution in [3.05, 3.63) is 70.5 Å². The van der Waals surface area contributed by atoms with Gasteiger partial charge < -0.3 is 29.3 Å². The maximum Gasteiger partial charge on any atom is 0.366 e. The van der Waals surface area contributed by atoms with E-state index < -0.39 is 43.1 Å². The highest BCUT2D eigenvalue weighted by Gasteiger charge is 2.43. The lowest BCUT2D eigenvalue weighted by atomic mass is 10.2. The lowest BCUT2D eigenvalue weighted by Gasteiger charge is -2.24. The molecule has 0 fully saturated rings. The fraction of sp³-hybridized carbons (Fsp3) is 0.318. The fourth-order valence-corrected chi connectivity index (χ4v) is 4.60. The molecule has 3 rings (SSSR count). The maximum absolute atomic E-state index is 13.1. The first-order chi connectivity index (χ1) is 17.3. The predicted octanol–water partition coefficient (Wildman–Crippen LogP) is 1.64. The normalized spacial score (nSPS) is 17.8. The lowest BCUT2D eigenvalue weighted by Crippen LogP contribution is -2.32. The first-order valence-corrected chi connectivity index (χ1v) is 12.2. The summed E-state index contributed by atoms with van der Waals surface area (Å²) in [5.41, 5.74) is -0.521. The third-order valence-electron chi connectivity index (χ3n) is 4.79. The van der Waals surface area contributed by atoms with Crippen LogP contribution in [0, 0.1) is 22.7 Å². The number of aliphatic hydroxyl groups is 2. The van der Waals surface area contributed by atoms with Crippen LogP contribution in [0.25, 0.3) is 0 Å². The van der Waals surface area contributed by atoms with Gasteiger partial charge in [0.2, 0.25) is 12.1 Å². The monoisotopic (exact) mass is 515 g/mol. The van der Waals surface area contributed by atoms with Crippen LogP contribution in [0.3, 0.4) is 0 Å². The highest BCUT2D eigenvalue weighted by molar-refractivity contribution is 7.54. The number of aliphatic hydroxyl groups excluding tert-OH is 2. The number of hydrogen-bond donors (Lipinski definition) is 3. The van der Waals surface area contributed by atoms with Crippen molar-refractivity contribution >= 4 is 19.3 Å². The zero-order chi connectivity index (χ0) is 26.1. The first-order valence-electron chi connectivity index (χ1n) is 10.6. The van der Waals surface area contributed by atoms with Crippen LogP contribution in [0.1, 0.15) is 29.4 Å². The quantitative estimate of drug-likeness (QED) is 0.290. The van der Waals surface area contributed by atoms with Gasteiger partial charge in [-0.15, -0.1) is 0 Å². The largest absolute Gasteiger partial charge is 0.468 e. The number of hydrogen-bond acceptors (Lipinski definition) is 11. The number of carbonyl (C=O) groups is 1. The van der Waals surface area contributed by atoms with Gasteiger partial charge in [-0.1, -0.05) is 18.2 Å². The maximum atomic E-state index is 13.1. The van der Waals surface area contributed by atoms with Gasteiger partial charge in [0.05, 0.1) is 38.2 Å². The number of ether oxygens (including phenoxy) is 1. The second kappa shape index (κ2) is 12.2. The number of benzene rings is 1. The Morgan fingerprint density at radius 2 is 1.83 bits per heavy atom. The van der Waals surface area contributed by atoms with Crippen LogP contribution < -0.4 is 11.0 Å². The zero-order valence-electron chi connectivity index (χ0n) is 18.8. The lowest BCUT2D eigenvalue weighted by molar-refractivity contribution is -0.0169. The van der Waals surface area contributed by atoms with E-state index in [0.29, 0.717) is 5.56 Å². The molecule has 0 saturated carbocycles. The summed E-state index contributed by atoms with van der Waals surface area (Å²) < 4.78 is 29.7. The second-order valence-electron chi connectivity index (χ2n) is 7.29. The number of rotatable bonds is 11. The van der Waals surface area contributed by atoms with E-state index in [0.717, 1.165) is 10.6 Å². The van der Waals surface area contributed by atoms with Gasteiger partial charge in [-0.3, -0.25) is 13.9 Å². The smallest absolute Gasteiger partial charge is 0.366 e. The third-order valence-corrected chi connectivity index (χ3v) is 6.73. The van der Waals surface area contributed by atoms with E-state index >= 15 is 0 Å². The van der Waals surface area contributed by atoms with Gasteiger partial charge in [-0.05, 0) is 24.3 Å². The molecule has 188 valence electrons. The molecule has 0 spiro atoms. The average Bonchev–Trinajstić information content (AvgIpc) is 3.25. The molecule has 1 aliphatic heterocycles. The highest BCUT2D eigenvalue weighted by atomic mass is 31.2. The molecule has 3 atom stereocenters. The van der Waals surface area contributed by atoms with E-state index in [9.17, 15) is 24.4 Å². The van der Waals surface area contributed by atoms with Gasteiger partial charge >= 0.3 is 13.3 Å². The Kier molecular flexibility index (Phi) is 9.08. The SMILES string of the molecule is N#CCCOP(=O)(OCCC#N)C(O)C1=C[C@@H](O)[C@H](n2ccc(NC(=O)c3ccccc3)nc2=O)O1. The molecule has 36 heavy (non-hydrogen) atoms. The van der Waals surface area contributed by atoms with E-state index in [1.807, 2.05) is 0 Å². The van der Waals surface area contributed by atoms with Crippen LogP contribution in [-0.4, -0.2) is 50.8 Å². The number of carbonyl (C=O) groups excluding carboxylic acids is 1. The van der Waals surface area contributed by atoms with Crippen LogP contribution in [0.5, 0.6) is 0 Å². The Morgan fingerprint density at radius 3 is 2.42 bits per heavy atom. The summed E-state index contributed by atoms with van der Waals surface area (Å²) >= 11 is 0. The Bertz CT molecular complexity index is 1280. The van der Waals surface area contributed by atoms with Crippen molar-refractivity contribution < 1.29 is 33.4 Å². The summed E-state index contributed by atoms with van der Waals surface area (Å²) in [6, 6.07) is 13.2. The van der Waals surface area contributed by atoms with Crippen LogP contribution in [-0.2, 0) is 18.3 Å². The van der Waals surface area contributed by atoms with E-state index in [4.69, 9.17) is 24.3 Å². The minimum atomic E-state index is -4.33. The van der Waals surface area contributed by atoms with Gasteiger partial charge in [0.15, 0.2) is 0 Å². The Morgan fingerprint density at radius 1 is 1.19 bits per heavy atom. The van der Waals surface area contributed by atoms with Gasteiger partial charge in [0.1, 0.15) is 17.7 Å². The number of nitrogens with one attached hydrogen (secondary N) is 1. The Hall–Kier alpha value is -3.84. The molecule has 1 unspecified atom stereocenters. The standard InChI is InChI=1S/C22H22N5O8P/c23-9-4-12-33-36(32,34-13-5-10-24)21(30)17-14-16(28)20(35-17)27-11-8-18(26-22(27)31)25-19(29)15-6-2-1-3-7-15/h1-3,6-8,11,14,16,20-21,28,30H,4-5,12-13H2,(H,25,26,29,31)/t16-,20-,21?/m1/s1. The molecular formula is C22H22N5O8P. The first kappa shape index (κ1) is 26.8. The van der Waals surface area contributed by atoms with Crippen molar-refractivity contribution in [3.63, 3.8) is 0 Å². The Labute approximate surface area is 205 Å². The van der Waals surface area contributed by atoms with Gasteiger partial charge in [-0.25, -0.2) is 4.79 Å². The molecule has 1 aromatic heterocycles. The van der Waals surface area contributed by atoms with Crippen molar-refractivity contribution in [1.82, 2.24) is 9.55 Å². The summed E-state index contributed by atoms with van der Waals surface area (Å²) in [5.74, 6) is -2.90. The summed E-state index contributed by atoms with van der Waals surface area (Å²) in [6.45, 7) is -0.646. The number of aromatic nitrogens is 2. The van der Waals surface area contributed by atoms with E-state index in [1.54, 1.807) is 42.5 Å². The van der Waals surface area contributed by atoms with E-state index in [-0.39, 0.29) is 31.9 Å². The molecule has 3 N–H and O–H groups in total. The van der Waals surface area contributed by atoms with Gasteiger partial charge in [-0.2, -0.15) is 15.5 Å². The number of nitriles is 2. The van der Waals surface area contributed by atoms with Crippen molar-refractivity contribution in [3.8, 4) is 12.1 Å². The van der Waals surface area contributed by atoms with E-state index in [2.05, 4.69) is 10.3 Å². The molecule has 1 aliphatic rings. The molecular weight excluding hydrogens is 493 g/mol.